The van der Waals surface area contributed by atoms with Gasteiger partial charge in [0.25, 0.3) is 0 Å². The van der Waals surface area contributed by atoms with Crippen LogP contribution in [-0.4, -0.2) is 39.0 Å². The smallest absolute Gasteiger partial charge is 0.243 e. The third kappa shape index (κ3) is 2.72. The average Bonchev–Trinajstić information content (AvgIpc) is 2.83. The van der Waals surface area contributed by atoms with Crippen molar-refractivity contribution < 1.29 is 13.2 Å². The molecule has 0 saturated carbocycles. The first-order valence-corrected chi connectivity index (χ1v) is 7.76. The first-order chi connectivity index (χ1) is 8.86. The highest BCUT2D eigenvalue weighted by atomic mass is 35.5. The Hall–Kier alpha value is -0.820. The molecule has 0 aromatic heterocycles. The van der Waals surface area contributed by atoms with E-state index in [1.807, 2.05) is 0 Å². The van der Waals surface area contributed by atoms with Crippen LogP contribution in [0.5, 0.6) is 0 Å². The van der Waals surface area contributed by atoms with E-state index in [1.165, 1.54) is 10.4 Å². The van der Waals surface area contributed by atoms with Gasteiger partial charge in [0, 0.05) is 30.9 Å². The van der Waals surface area contributed by atoms with E-state index in [0.717, 1.165) is 0 Å². The average molecular weight is 305 g/mol. The van der Waals surface area contributed by atoms with Crippen molar-refractivity contribution >= 4 is 27.3 Å². The normalized spacial score (nSPS) is 20.9. The van der Waals surface area contributed by atoms with Gasteiger partial charge in [-0.05, 0) is 31.0 Å². The lowest BCUT2D eigenvalue weighted by Crippen LogP contribution is -2.30. The lowest BCUT2D eigenvalue weighted by molar-refractivity contribution is 0.115. The number of nitrogen functional groups attached to an aromatic ring is 1. The highest BCUT2D eigenvalue weighted by Crippen LogP contribution is 2.30. The second-order valence-corrected chi connectivity index (χ2v) is 6.97. The number of nitrogens with two attached hydrogens (primary N) is 1. The van der Waals surface area contributed by atoms with Crippen molar-refractivity contribution in [3.8, 4) is 0 Å². The number of rotatable bonds is 3. The minimum absolute atomic E-state index is 0.0494. The molecule has 0 bridgehead atoms. The summed E-state index contributed by atoms with van der Waals surface area (Å²) in [7, 11) is -1.98. The summed E-state index contributed by atoms with van der Waals surface area (Å²) in [6.07, 6.45) is 0.650. The SMILES string of the molecule is COC1CCN(S(=O)(=O)c2cc(Cl)cc(N)c2C)C1. The molecule has 1 atom stereocenters. The molecule has 0 radical (unpaired) electrons. The van der Waals surface area contributed by atoms with Gasteiger partial charge in [-0.3, -0.25) is 0 Å². The Labute approximate surface area is 118 Å². The van der Waals surface area contributed by atoms with Crippen LogP contribution in [0.2, 0.25) is 5.02 Å². The maximum Gasteiger partial charge on any atom is 0.243 e. The van der Waals surface area contributed by atoms with Gasteiger partial charge in [-0.2, -0.15) is 4.31 Å². The van der Waals surface area contributed by atoms with Gasteiger partial charge in [-0.1, -0.05) is 11.6 Å². The molecule has 1 saturated heterocycles. The molecule has 2 N–H and O–H groups in total. The van der Waals surface area contributed by atoms with Gasteiger partial charge in [0.05, 0.1) is 11.0 Å². The Morgan fingerprint density at radius 3 is 2.74 bits per heavy atom. The molecule has 5 nitrogen and oxygen atoms in total. The molecule has 0 amide bonds. The van der Waals surface area contributed by atoms with Gasteiger partial charge in [-0.25, -0.2) is 8.42 Å². The second-order valence-electron chi connectivity index (χ2n) is 4.63. The Morgan fingerprint density at radius 1 is 1.47 bits per heavy atom. The number of nitrogens with zero attached hydrogens (tertiary/aromatic N) is 1. The van der Waals surface area contributed by atoms with Crippen LogP contribution in [0.3, 0.4) is 0 Å². The number of methoxy groups -OCH3 is 1. The van der Waals surface area contributed by atoms with E-state index in [0.29, 0.717) is 35.8 Å². The van der Waals surface area contributed by atoms with Gasteiger partial charge in [-0.15, -0.1) is 0 Å². The second kappa shape index (κ2) is 5.28. The van der Waals surface area contributed by atoms with E-state index in [9.17, 15) is 8.42 Å². The van der Waals surface area contributed by atoms with Crippen LogP contribution >= 0.6 is 11.6 Å². The van der Waals surface area contributed by atoms with Crippen LogP contribution in [0.15, 0.2) is 17.0 Å². The van der Waals surface area contributed by atoms with E-state index in [-0.39, 0.29) is 11.0 Å². The van der Waals surface area contributed by atoms with Crippen LogP contribution in [-0.2, 0) is 14.8 Å². The van der Waals surface area contributed by atoms with Gasteiger partial charge in [0.1, 0.15) is 0 Å². The molecule has 2 rings (SSSR count). The maximum absolute atomic E-state index is 12.6. The molecule has 7 heteroatoms. The van der Waals surface area contributed by atoms with Crippen molar-refractivity contribution in [1.29, 1.82) is 0 Å². The van der Waals surface area contributed by atoms with E-state index in [2.05, 4.69) is 0 Å². The fraction of sp³-hybridized carbons (Fsp3) is 0.500. The quantitative estimate of drug-likeness (QED) is 0.862. The van der Waals surface area contributed by atoms with E-state index in [1.54, 1.807) is 20.1 Å². The van der Waals surface area contributed by atoms with Gasteiger partial charge >= 0.3 is 0 Å². The highest BCUT2D eigenvalue weighted by molar-refractivity contribution is 7.89. The number of hydrogen-bond acceptors (Lipinski definition) is 4. The fourth-order valence-corrected chi connectivity index (χ4v) is 4.25. The van der Waals surface area contributed by atoms with Gasteiger partial charge in [0.15, 0.2) is 0 Å². The van der Waals surface area contributed by atoms with E-state index in [4.69, 9.17) is 22.1 Å². The van der Waals surface area contributed by atoms with Gasteiger partial charge in [0.2, 0.25) is 10.0 Å². The predicted octanol–water partition coefficient (Wildman–Crippen LogP) is 1.64. The number of benzene rings is 1. The molecule has 0 aliphatic carbocycles. The maximum atomic E-state index is 12.6. The zero-order valence-corrected chi connectivity index (χ0v) is 12.5. The fourth-order valence-electron chi connectivity index (χ4n) is 2.19. The molecule has 1 fully saturated rings. The summed E-state index contributed by atoms with van der Waals surface area (Å²) < 4.78 is 31.8. The van der Waals surface area contributed by atoms with Crippen molar-refractivity contribution in [2.45, 2.75) is 24.3 Å². The minimum Gasteiger partial charge on any atom is -0.398 e. The summed E-state index contributed by atoms with van der Waals surface area (Å²) in [5.74, 6) is 0. The van der Waals surface area contributed by atoms with Gasteiger partial charge < -0.3 is 10.5 Å². The third-order valence-electron chi connectivity index (χ3n) is 3.42. The van der Waals surface area contributed by atoms with Crippen molar-refractivity contribution in [3.05, 3.63) is 22.7 Å². The molecule has 1 aromatic rings. The lowest BCUT2D eigenvalue weighted by atomic mass is 10.2. The van der Waals surface area contributed by atoms with Crippen LogP contribution in [0.4, 0.5) is 5.69 Å². The minimum atomic E-state index is -3.57. The van der Waals surface area contributed by atoms with Crippen LogP contribution in [0.1, 0.15) is 12.0 Å². The van der Waals surface area contributed by atoms with Crippen LogP contribution in [0.25, 0.3) is 0 Å². The summed E-state index contributed by atoms with van der Waals surface area (Å²) in [6.45, 7) is 2.50. The number of anilines is 1. The zero-order valence-electron chi connectivity index (χ0n) is 10.9. The Kier molecular flexibility index (Phi) is 4.06. The Balaban J connectivity index is 2.41. The predicted molar refractivity (Wildman–Crippen MR) is 74.8 cm³/mol. The molecule has 0 spiro atoms. The monoisotopic (exact) mass is 304 g/mol. The topological polar surface area (TPSA) is 72.6 Å². The zero-order chi connectivity index (χ0) is 14.2. The number of ether oxygens (including phenoxy) is 1. The lowest BCUT2D eigenvalue weighted by Gasteiger charge is -2.18. The summed E-state index contributed by atoms with van der Waals surface area (Å²) >= 11 is 5.90. The first kappa shape index (κ1) is 14.6. The molecule has 1 aliphatic heterocycles. The molecule has 19 heavy (non-hydrogen) atoms. The molecular weight excluding hydrogens is 288 g/mol. The van der Waals surface area contributed by atoms with Crippen LogP contribution < -0.4 is 5.73 Å². The summed E-state index contributed by atoms with van der Waals surface area (Å²) in [6, 6.07) is 3.00. The summed E-state index contributed by atoms with van der Waals surface area (Å²) in [5.41, 5.74) is 6.69. The largest absolute Gasteiger partial charge is 0.398 e. The molecule has 1 heterocycles. The highest BCUT2D eigenvalue weighted by Gasteiger charge is 2.33. The standard InChI is InChI=1S/C12H17ClN2O3S/c1-8-11(14)5-9(13)6-12(8)19(16,17)15-4-3-10(7-15)18-2/h5-6,10H,3-4,7,14H2,1-2H3. The molecule has 106 valence electrons. The molecule has 1 aliphatic rings. The van der Waals surface area contributed by atoms with Crippen molar-refractivity contribution in [1.82, 2.24) is 4.31 Å². The summed E-state index contributed by atoms with van der Waals surface area (Å²) in [4.78, 5) is 0.175. The van der Waals surface area contributed by atoms with Crippen molar-refractivity contribution in [2.24, 2.45) is 0 Å². The van der Waals surface area contributed by atoms with E-state index >= 15 is 0 Å². The first-order valence-electron chi connectivity index (χ1n) is 5.95. The Morgan fingerprint density at radius 2 is 2.16 bits per heavy atom. The summed E-state index contributed by atoms with van der Waals surface area (Å²) in [5, 5.41) is 0.323. The van der Waals surface area contributed by atoms with Crippen molar-refractivity contribution in [2.75, 3.05) is 25.9 Å². The van der Waals surface area contributed by atoms with Crippen molar-refractivity contribution in [3.63, 3.8) is 0 Å². The molecular formula is C12H17ClN2O3S. The number of hydrogen-bond donors (Lipinski definition) is 1. The van der Waals surface area contributed by atoms with Crippen LogP contribution in [0, 0.1) is 6.92 Å². The Bertz CT molecular complexity index is 589. The number of sulfonamides is 1. The third-order valence-corrected chi connectivity index (χ3v) is 5.63. The molecule has 1 unspecified atom stereocenters. The number of halogens is 1. The van der Waals surface area contributed by atoms with E-state index < -0.39 is 10.0 Å². The molecule has 1 aromatic carbocycles.